The van der Waals surface area contributed by atoms with Crippen LogP contribution in [0.5, 0.6) is 5.75 Å². The van der Waals surface area contributed by atoms with Crippen LogP contribution in [0.2, 0.25) is 5.02 Å². The molecule has 0 saturated carbocycles. The summed E-state index contributed by atoms with van der Waals surface area (Å²) in [5.41, 5.74) is 1.48. The van der Waals surface area contributed by atoms with Gasteiger partial charge in [0.25, 0.3) is 0 Å². The molecule has 0 radical (unpaired) electrons. The number of ether oxygens (including phenoxy) is 1. The van der Waals surface area contributed by atoms with E-state index in [4.69, 9.17) is 16.3 Å². The second kappa shape index (κ2) is 4.99. The Morgan fingerprint density at radius 3 is 2.84 bits per heavy atom. The third-order valence-electron chi connectivity index (χ3n) is 3.13. The number of para-hydroxylation sites is 1. The lowest BCUT2D eigenvalue weighted by atomic mass is 9.96. The Hall–Kier alpha value is -1.32. The molecule has 1 aliphatic heterocycles. The number of ketones is 1. The Balaban J connectivity index is 2.01. The first-order valence-electron chi connectivity index (χ1n) is 5.89. The molecular weight excluding hydrogens is 328 g/mol. The Bertz CT molecular complexity index is 654. The lowest BCUT2D eigenvalue weighted by Gasteiger charge is -2.26. The fraction of sp³-hybridized carbons (Fsp3) is 0.133. The van der Waals surface area contributed by atoms with Crippen molar-refractivity contribution in [1.29, 1.82) is 0 Å². The zero-order chi connectivity index (χ0) is 13.4. The van der Waals surface area contributed by atoms with E-state index in [-0.39, 0.29) is 11.9 Å². The molecular formula is C15H10BrClO2. The smallest absolute Gasteiger partial charge is 0.170 e. The number of halogens is 2. The van der Waals surface area contributed by atoms with Crippen molar-refractivity contribution in [1.82, 2.24) is 0 Å². The second-order valence-corrected chi connectivity index (χ2v) is 5.72. The predicted molar refractivity (Wildman–Crippen MR) is 77.9 cm³/mol. The van der Waals surface area contributed by atoms with Crippen LogP contribution in [0.25, 0.3) is 0 Å². The summed E-state index contributed by atoms with van der Waals surface area (Å²) in [4.78, 5) is 12.1. The Kier molecular flexibility index (Phi) is 3.33. The van der Waals surface area contributed by atoms with Crippen molar-refractivity contribution in [3.63, 3.8) is 0 Å². The molecule has 1 unspecified atom stereocenters. The van der Waals surface area contributed by atoms with Gasteiger partial charge in [0.1, 0.15) is 11.9 Å². The van der Waals surface area contributed by atoms with Gasteiger partial charge in [-0.1, -0.05) is 39.7 Å². The normalized spacial score (nSPS) is 17.8. The van der Waals surface area contributed by atoms with Crippen LogP contribution < -0.4 is 4.74 Å². The molecule has 4 heteroatoms. The van der Waals surface area contributed by atoms with Gasteiger partial charge in [-0.3, -0.25) is 4.79 Å². The van der Waals surface area contributed by atoms with E-state index in [2.05, 4.69) is 15.9 Å². The minimum absolute atomic E-state index is 0.0860. The molecule has 0 saturated heterocycles. The number of fused-ring (bicyclic) bond motifs is 1. The van der Waals surface area contributed by atoms with Gasteiger partial charge in [0.2, 0.25) is 0 Å². The van der Waals surface area contributed by atoms with Crippen molar-refractivity contribution in [3.05, 3.63) is 63.1 Å². The van der Waals surface area contributed by atoms with E-state index in [1.165, 1.54) is 0 Å². The fourth-order valence-electron chi connectivity index (χ4n) is 2.21. The Morgan fingerprint density at radius 2 is 2.00 bits per heavy atom. The maximum atomic E-state index is 12.1. The fourth-order valence-corrected chi connectivity index (χ4v) is 2.83. The lowest BCUT2D eigenvalue weighted by Crippen LogP contribution is -2.20. The van der Waals surface area contributed by atoms with Crippen molar-refractivity contribution >= 4 is 33.3 Å². The monoisotopic (exact) mass is 336 g/mol. The molecule has 2 aromatic rings. The second-order valence-electron chi connectivity index (χ2n) is 4.40. The highest BCUT2D eigenvalue weighted by atomic mass is 79.9. The van der Waals surface area contributed by atoms with Crippen LogP contribution in [0, 0.1) is 0 Å². The Morgan fingerprint density at radius 1 is 1.21 bits per heavy atom. The maximum absolute atomic E-state index is 12.1. The van der Waals surface area contributed by atoms with Gasteiger partial charge >= 0.3 is 0 Å². The van der Waals surface area contributed by atoms with Crippen LogP contribution in [-0.4, -0.2) is 5.78 Å². The first-order valence-corrected chi connectivity index (χ1v) is 7.06. The zero-order valence-electron chi connectivity index (χ0n) is 9.90. The number of Topliss-reactive ketones (excluding diaryl/α,β-unsaturated/α-hetero) is 1. The third-order valence-corrected chi connectivity index (χ3v) is 3.97. The van der Waals surface area contributed by atoms with Gasteiger partial charge in [-0.2, -0.15) is 0 Å². The summed E-state index contributed by atoms with van der Waals surface area (Å²) in [6.07, 6.45) is -0.0138. The largest absolute Gasteiger partial charge is 0.484 e. The molecule has 0 amide bonds. The van der Waals surface area contributed by atoms with E-state index in [0.29, 0.717) is 22.8 Å². The molecule has 0 spiro atoms. The first kappa shape index (κ1) is 12.7. The van der Waals surface area contributed by atoms with Gasteiger partial charge in [-0.25, -0.2) is 0 Å². The van der Waals surface area contributed by atoms with Gasteiger partial charge < -0.3 is 4.74 Å². The summed E-state index contributed by atoms with van der Waals surface area (Å²) < 4.78 is 6.82. The standard InChI is InChI=1S/C15H10BrClO2/c16-9-5-6-12(17)11(7-9)15-8-13(18)10-3-1-2-4-14(10)19-15/h1-7,15H,8H2. The molecule has 2 aromatic carbocycles. The van der Waals surface area contributed by atoms with Gasteiger partial charge in [0, 0.05) is 15.1 Å². The average Bonchev–Trinajstić information content (AvgIpc) is 2.41. The molecule has 1 aliphatic rings. The highest BCUT2D eigenvalue weighted by Gasteiger charge is 2.28. The van der Waals surface area contributed by atoms with Gasteiger partial charge in [-0.05, 0) is 30.3 Å². The van der Waals surface area contributed by atoms with Gasteiger partial charge in [0.05, 0.1) is 12.0 Å². The molecule has 3 rings (SSSR count). The van der Waals surface area contributed by atoms with Crippen LogP contribution in [0.15, 0.2) is 46.9 Å². The minimum Gasteiger partial charge on any atom is -0.484 e. The van der Waals surface area contributed by atoms with Crippen molar-refractivity contribution in [3.8, 4) is 5.75 Å². The van der Waals surface area contributed by atoms with Crippen LogP contribution in [0.4, 0.5) is 0 Å². The summed E-state index contributed by atoms with van der Waals surface area (Å²) in [6.45, 7) is 0. The molecule has 0 fully saturated rings. The third kappa shape index (κ3) is 2.40. The average molecular weight is 338 g/mol. The topological polar surface area (TPSA) is 26.3 Å². The minimum atomic E-state index is -0.326. The summed E-state index contributed by atoms with van der Waals surface area (Å²) in [5, 5.41) is 0.611. The van der Waals surface area contributed by atoms with Gasteiger partial charge in [-0.15, -0.1) is 0 Å². The number of benzene rings is 2. The zero-order valence-corrected chi connectivity index (χ0v) is 12.2. The highest BCUT2D eigenvalue weighted by molar-refractivity contribution is 9.10. The first-order chi connectivity index (χ1) is 9.15. The van der Waals surface area contributed by atoms with E-state index in [1.807, 2.05) is 30.3 Å². The van der Waals surface area contributed by atoms with Crippen molar-refractivity contribution in [2.75, 3.05) is 0 Å². The molecule has 96 valence electrons. The van der Waals surface area contributed by atoms with E-state index in [1.54, 1.807) is 12.1 Å². The van der Waals surface area contributed by atoms with E-state index in [9.17, 15) is 4.79 Å². The number of rotatable bonds is 1. The molecule has 0 N–H and O–H groups in total. The quantitative estimate of drug-likeness (QED) is 0.746. The van der Waals surface area contributed by atoms with E-state index in [0.717, 1.165) is 10.0 Å². The molecule has 1 heterocycles. The molecule has 0 bridgehead atoms. The molecule has 0 aromatic heterocycles. The molecule has 2 nitrogen and oxygen atoms in total. The van der Waals surface area contributed by atoms with Crippen molar-refractivity contribution in [2.24, 2.45) is 0 Å². The van der Waals surface area contributed by atoms with Crippen LogP contribution >= 0.6 is 27.5 Å². The number of carbonyl (C=O) groups excluding carboxylic acids is 1. The van der Waals surface area contributed by atoms with Crippen LogP contribution in [-0.2, 0) is 0 Å². The summed E-state index contributed by atoms with van der Waals surface area (Å²) >= 11 is 9.60. The Labute approximate surface area is 124 Å². The molecule has 0 aliphatic carbocycles. The summed E-state index contributed by atoms with van der Waals surface area (Å²) in [5.74, 6) is 0.711. The van der Waals surface area contributed by atoms with Gasteiger partial charge in [0.15, 0.2) is 5.78 Å². The number of carbonyl (C=O) groups is 1. The number of hydrogen-bond donors (Lipinski definition) is 0. The SMILES string of the molecule is O=C1CC(c2cc(Br)ccc2Cl)Oc2ccccc21. The lowest BCUT2D eigenvalue weighted by molar-refractivity contribution is 0.0850. The highest BCUT2D eigenvalue weighted by Crippen LogP contribution is 2.37. The van der Waals surface area contributed by atoms with Crippen molar-refractivity contribution in [2.45, 2.75) is 12.5 Å². The summed E-state index contributed by atoms with van der Waals surface area (Å²) in [7, 11) is 0. The predicted octanol–water partition coefficient (Wildman–Crippen LogP) is 4.81. The van der Waals surface area contributed by atoms with Crippen LogP contribution in [0.1, 0.15) is 28.4 Å². The maximum Gasteiger partial charge on any atom is 0.170 e. The van der Waals surface area contributed by atoms with E-state index >= 15 is 0 Å². The molecule has 1 atom stereocenters. The van der Waals surface area contributed by atoms with Crippen molar-refractivity contribution < 1.29 is 9.53 Å². The van der Waals surface area contributed by atoms with Crippen LogP contribution in [0.3, 0.4) is 0 Å². The summed E-state index contributed by atoms with van der Waals surface area (Å²) in [6, 6.07) is 12.9. The molecule has 19 heavy (non-hydrogen) atoms. The number of hydrogen-bond acceptors (Lipinski definition) is 2. The van der Waals surface area contributed by atoms with E-state index < -0.39 is 0 Å².